The van der Waals surface area contributed by atoms with Gasteiger partial charge in [0.1, 0.15) is 6.04 Å². The molecule has 2 bridgehead atoms. The number of likely N-dealkylation sites (tertiary alicyclic amines) is 1. The quantitative estimate of drug-likeness (QED) is 0.398. The second kappa shape index (κ2) is 11.4. The van der Waals surface area contributed by atoms with Crippen LogP contribution in [0.2, 0.25) is 0 Å². The van der Waals surface area contributed by atoms with Crippen LogP contribution in [0.5, 0.6) is 0 Å². The van der Waals surface area contributed by atoms with E-state index >= 15 is 0 Å². The molecule has 218 valence electrons. The van der Waals surface area contributed by atoms with Crippen molar-refractivity contribution < 1.29 is 19.5 Å². The fourth-order valence-corrected chi connectivity index (χ4v) is 9.81. The zero-order valence-electron chi connectivity index (χ0n) is 24.6. The highest BCUT2D eigenvalue weighted by molar-refractivity contribution is 8.02. The van der Waals surface area contributed by atoms with Gasteiger partial charge >= 0.3 is 0 Å². The summed E-state index contributed by atoms with van der Waals surface area (Å²) in [5, 5.41) is 9.94. The second-order valence-corrected chi connectivity index (χ2v) is 14.8. The molecule has 8 heteroatoms. The van der Waals surface area contributed by atoms with Crippen LogP contribution in [-0.2, 0) is 14.4 Å². The maximum Gasteiger partial charge on any atom is 0.247 e. The van der Waals surface area contributed by atoms with Gasteiger partial charge in [-0.1, -0.05) is 51.1 Å². The van der Waals surface area contributed by atoms with E-state index in [0.29, 0.717) is 19.5 Å². The molecule has 3 aliphatic heterocycles. The molecular weight excluding hydrogens is 522 g/mol. The smallest absolute Gasteiger partial charge is 0.247 e. The molecule has 4 rings (SSSR count). The van der Waals surface area contributed by atoms with Gasteiger partial charge in [-0.25, -0.2) is 0 Å². The van der Waals surface area contributed by atoms with E-state index in [2.05, 4.69) is 47.8 Å². The third-order valence-corrected chi connectivity index (χ3v) is 10.5. The lowest BCUT2D eigenvalue weighted by Crippen LogP contribution is -2.60. The average molecular weight is 568 g/mol. The maximum atomic E-state index is 14.6. The molecule has 7 nitrogen and oxygen atoms in total. The fraction of sp³-hybridized carbons (Fsp3) is 0.594. The molecule has 0 aliphatic carbocycles. The standard InChI is InChI=1S/C32H45N3O4S/c1-8-17-33(22-13-11-10-12-14-22)27(37)24-23-15-16-32(40-23)25(24)28(38)34(19-20-36)26(32)29(39)35(18-9-2)31(6,7)21-30(3,4)5/h8-14,23-26,36H,1-2,15-21H2,3-7H3/t23-,24+,25+,26?,32?/m1/s1. The molecule has 0 saturated carbocycles. The Bertz CT molecular complexity index is 1150. The molecule has 2 unspecified atom stereocenters. The zero-order valence-corrected chi connectivity index (χ0v) is 25.5. The van der Waals surface area contributed by atoms with E-state index in [-0.39, 0.29) is 41.5 Å². The predicted octanol–water partition coefficient (Wildman–Crippen LogP) is 4.52. The molecule has 1 spiro atoms. The minimum atomic E-state index is -0.742. The van der Waals surface area contributed by atoms with Gasteiger partial charge in [0.05, 0.1) is 23.2 Å². The van der Waals surface area contributed by atoms with Crippen LogP contribution in [0.25, 0.3) is 0 Å². The Labute approximate surface area is 243 Å². The van der Waals surface area contributed by atoms with E-state index < -0.39 is 28.2 Å². The first-order chi connectivity index (χ1) is 18.8. The Hall–Kier alpha value is -2.58. The van der Waals surface area contributed by atoms with Crippen LogP contribution in [0.3, 0.4) is 0 Å². The van der Waals surface area contributed by atoms with Gasteiger partial charge in [-0.05, 0) is 50.7 Å². The number of para-hydroxylation sites is 1. The maximum absolute atomic E-state index is 14.6. The predicted molar refractivity (Wildman–Crippen MR) is 162 cm³/mol. The normalized spacial score (nSPS) is 27.4. The molecule has 1 N–H and O–H groups in total. The lowest BCUT2D eigenvalue weighted by atomic mass is 9.70. The van der Waals surface area contributed by atoms with Crippen molar-refractivity contribution in [3.8, 4) is 0 Å². The van der Waals surface area contributed by atoms with Crippen molar-refractivity contribution in [2.24, 2.45) is 17.3 Å². The number of fused-ring (bicyclic) bond motifs is 1. The third kappa shape index (κ3) is 5.25. The molecule has 3 saturated heterocycles. The number of β-amino-alcohol motifs (C(OH)–C–C–N with tert-alkyl or cyclic N) is 1. The van der Waals surface area contributed by atoms with E-state index in [1.54, 1.807) is 33.7 Å². The molecule has 3 aliphatic rings. The molecule has 3 heterocycles. The zero-order chi connectivity index (χ0) is 29.5. The lowest BCUT2D eigenvalue weighted by molar-refractivity contribution is -0.147. The van der Waals surface area contributed by atoms with E-state index in [9.17, 15) is 19.5 Å². The van der Waals surface area contributed by atoms with Gasteiger partial charge in [0, 0.05) is 36.1 Å². The van der Waals surface area contributed by atoms with E-state index in [1.165, 1.54) is 0 Å². The van der Waals surface area contributed by atoms with Gasteiger partial charge in [0.25, 0.3) is 0 Å². The monoisotopic (exact) mass is 567 g/mol. The van der Waals surface area contributed by atoms with Crippen molar-refractivity contribution in [3.63, 3.8) is 0 Å². The van der Waals surface area contributed by atoms with Gasteiger partial charge in [-0.2, -0.15) is 0 Å². The van der Waals surface area contributed by atoms with Crippen LogP contribution in [0.15, 0.2) is 55.6 Å². The summed E-state index contributed by atoms with van der Waals surface area (Å²) in [4.78, 5) is 48.2. The number of hydrogen-bond donors (Lipinski definition) is 1. The molecule has 0 radical (unpaired) electrons. The van der Waals surface area contributed by atoms with Crippen LogP contribution in [0.1, 0.15) is 53.9 Å². The summed E-state index contributed by atoms with van der Waals surface area (Å²) in [5.41, 5.74) is 0.252. The molecule has 0 aromatic heterocycles. The SMILES string of the molecule is C=CCN(C(=O)[C@@H]1[C@H]2C(=O)N(CCO)C(C(=O)N(CC=C)C(C)(C)CC(C)(C)C)C23CC[C@H]1S3)c1ccccc1. The number of nitrogens with zero attached hydrogens (tertiary/aromatic N) is 3. The fourth-order valence-electron chi connectivity index (χ4n) is 7.61. The lowest BCUT2D eigenvalue weighted by Gasteiger charge is -2.46. The Morgan fingerprint density at radius 2 is 1.75 bits per heavy atom. The van der Waals surface area contributed by atoms with Gasteiger partial charge in [0.15, 0.2) is 0 Å². The van der Waals surface area contributed by atoms with E-state index in [1.807, 2.05) is 35.2 Å². The van der Waals surface area contributed by atoms with Crippen molar-refractivity contribution in [3.05, 3.63) is 55.6 Å². The molecule has 3 fully saturated rings. The summed E-state index contributed by atoms with van der Waals surface area (Å²) in [6.07, 6.45) is 5.66. The topological polar surface area (TPSA) is 81.2 Å². The molecule has 5 atom stereocenters. The van der Waals surface area contributed by atoms with Crippen LogP contribution in [-0.4, -0.2) is 80.4 Å². The van der Waals surface area contributed by atoms with Crippen molar-refractivity contribution >= 4 is 35.2 Å². The van der Waals surface area contributed by atoms with Gasteiger partial charge in [-0.3, -0.25) is 14.4 Å². The number of aliphatic hydroxyl groups is 1. The van der Waals surface area contributed by atoms with Crippen LogP contribution in [0, 0.1) is 17.3 Å². The van der Waals surface area contributed by atoms with Gasteiger partial charge in [-0.15, -0.1) is 24.9 Å². The second-order valence-electron chi connectivity index (χ2n) is 13.2. The average Bonchev–Trinajstić information content (AvgIpc) is 3.52. The highest BCUT2D eigenvalue weighted by Gasteiger charge is 2.74. The first-order valence-corrected chi connectivity index (χ1v) is 15.2. The van der Waals surface area contributed by atoms with Crippen molar-refractivity contribution in [1.82, 2.24) is 9.80 Å². The van der Waals surface area contributed by atoms with Crippen LogP contribution < -0.4 is 4.90 Å². The minimum absolute atomic E-state index is 0.0234. The summed E-state index contributed by atoms with van der Waals surface area (Å²) in [6, 6.07) is 8.73. The summed E-state index contributed by atoms with van der Waals surface area (Å²) < 4.78 is -0.706. The number of carbonyl (C=O) groups is 3. The number of anilines is 1. The number of amides is 3. The number of rotatable bonds is 11. The minimum Gasteiger partial charge on any atom is -0.395 e. The Morgan fingerprint density at radius 1 is 1.10 bits per heavy atom. The third-order valence-electron chi connectivity index (χ3n) is 8.58. The Balaban J connectivity index is 1.75. The number of benzene rings is 1. The highest BCUT2D eigenvalue weighted by Crippen LogP contribution is 2.67. The number of carbonyl (C=O) groups excluding carboxylic acids is 3. The van der Waals surface area contributed by atoms with Crippen LogP contribution >= 0.6 is 11.8 Å². The van der Waals surface area contributed by atoms with Crippen molar-refractivity contribution in [1.29, 1.82) is 0 Å². The van der Waals surface area contributed by atoms with E-state index in [0.717, 1.165) is 18.5 Å². The molecule has 1 aromatic rings. The summed E-state index contributed by atoms with van der Waals surface area (Å²) in [6.45, 7) is 18.9. The molecule has 40 heavy (non-hydrogen) atoms. The number of aliphatic hydroxyl groups excluding tert-OH is 1. The highest BCUT2D eigenvalue weighted by atomic mass is 32.2. The van der Waals surface area contributed by atoms with Gasteiger partial charge < -0.3 is 19.8 Å². The van der Waals surface area contributed by atoms with Crippen molar-refractivity contribution in [2.45, 2.75) is 75.5 Å². The van der Waals surface area contributed by atoms with Gasteiger partial charge in [0.2, 0.25) is 17.7 Å². The summed E-state index contributed by atoms with van der Waals surface area (Å²) in [7, 11) is 0. The first-order valence-electron chi connectivity index (χ1n) is 14.3. The summed E-state index contributed by atoms with van der Waals surface area (Å²) >= 11 is 1.65. The first kappa shape index (κ1) is 30.4. The van der Waals surface area contributed by atoms with Crippen LogP contribution in [0.4, 0.5) is 5.69 Å². The summed E-state index contributed by atoms with van der Waals surface area (Å²) in [5.74, 6) is -1.57. The molecular formula is C32H45N3O4S. The molecule has 3 amide bonds. The Morgan fingerprint density at radius 3 is 2.33 bits per heavy atom. The Kier molecular flexibility index (Phi) is 8.63. The molecule has 1 aromatic carbocycles. The largest absolute Gasteiger partial charge is 0.395 e. The number of thioether (sulfide) groups is 1. The van der Waals surface area contributed by atoms with E-state index in [4.69, 9.17) is 0 Å². The number of hydrogen-bond acceptors (Lipinski definition) is 5. The van der Waals surface area contributed by atoms with Crippen molar-refractivity contribution in [2.75, 3.05) is 31.1 Å².